The van der Waals surface area contributed by atoms with E-state index in [-0.39, 0.29) is 35.5 Å². The summed E-state index contributed by atoms with van der Waals surface area (Å²) in [5, 5.41) is 24.3. The second kappa shape index (κ2) is 9.94. The molecule has 7 nitrogen and oxygen atoms in total. The lowest BCUT2D eigenvalue weighted by Gasteiger charge is -2.64. The number of rotatable bonds is 7. The van der Waals surface area contributed by atoms with Crippen molar-refractivity contribution < 1.29 is 32.0 Å². The van der Waals surface area contributed by atoms with Crippen molar-refractivity contribution in [2.24, 2.45) is 28.6 Å². The van der Waals surface area contributed by atoms with Crippen LogP contribution in [0.25, 0.3) is 0 Å². The fourth-order valence-corrected chi connectivity index (χ4v) is 10.3. The second-order valence-electron chi connectivity index (χ2n) is 13.5. The molecular formula is C32H44O7S. The molecule has 0 bridgehead atoms. The third kappa shape index (κ3) is 4.24. The van der Waals surface area contributed by atoms with Crippen LogP contribution in [0.4, 0.5) is 0 Å². The van der Waals surface area contributed by atoms with Gasteiger partial charge in [-0.15, -0.1) is 0 Å². The maximum atomic E-state index is 12.5. The SMILES string of the molecule is Cc1ccc(S(=O)(=O)OCCOC2CC[C@@]3(C)C(CC[C@@H]4[C@H]3CC[C@]3(C)C(O)(c5ccoc5)CC[C@@]43O)C2)cc1. The maximum absolute atomic E-state index is 12.5. The zero-order chi connectivity index (χ0) is 28.4. The Bertz CT molecular complexity index is 1310. The van der Waals surface area contributed by atoms with E-state index >= 15 is 0 Å². The Morgan fingerprint density at radius 1 is 0.925 bits per heavy atom. The molecule has 4 aliphatic rings. The van der Waals surface area contributed by atoms with Crippen molar-refractivity contribution in [2.75, 3.05) is 13.2 Å². The summed E-state index contributed by atoms with van der Waals surface area (Å²) < 4.78 is 41.7. The number of benzene rings is 1. The van der Waals surface area contributed by atoms with E-state index in [2.05, 4.69) is 13.8 Å². The van der Waals surface area contributed by atoms with Gasteiger partial charge in [-0.3, -0.25) is 4.18 Å². The Balaban J connectivity index is 1.08. The topological polar surface area (TPSA) is 106 Å². The number of fused-ring (bicyclic) bond motifs is 5. The molecule has 0 amide bonds. The van der Waals surface area contributed by atoms with Crippen LogP contribution < -0.4 is 0 Å². The van der Waals surface area contributed by atoms with Gasteiger partial charge in [-0.05, 0) is 106 Å². The molecule has 3 unspecified atom stereocenters. The summed E-state index contributed by atoms with van der Waals surface area (Å²) in [6.07, 6.45) is 11.2. The first-order valence-electron chi connectivity index (χ1n) is 15.0. The van der Waals surface area contributed by atoms with Crippen LogP contribution in [0.1, 0.15) is 82.8 Å². The highest BCUT2D eigenvalue weighted by atomic mass is 32.2. The Hall–Kier alpha value is -1.71. The molecule has 1 heterocycles. The number of furan rings is 1. The minimum absolute atomic E-state index is 0.00450. The highest BCUT2D eigenvalue weighted by Gasteiger charge is 2.72. The lowest BCUT2D eigenvalue weighted by Crippen LogP contribution is -2.64. The van der Waals surface area contributed by atoms with E-state index in [9.17, 15) is 18.6 Å². The molecule has 4 aliphatic carbocycles. The Labute approximate surface area is 238 Å². The largest absolute Gasteiger partial charge is 0.472 e. The first-order chi connectivity index (χ1) is 18.9. The van der Waals surface area contributed by atoms with E-state index in [1.807, 2.05) is 13.0 Å². The van der Waals surface area contributed by atoms with Crippen LogP contribution in [0, 0.1) is 35.5 Å². The van der Waals surface area contributed by atoms with Crippen molar-refractivity contribution in [3.8, 4) is 0 Å². The summed E-state index contributed by atoms with van der Waals surface area (Å²) in [6, 6.07) is 8.51. The van der Waals surface area contributed by atoms with Crippen LogP contribution in [0.2, 0.25) is 0 Å². The van der Waals surface area contributed by atoms with Gasteiger partial charge in [0.2, 0.25) is 0 Å². The van der Waals surface area contributed by atoms with E-state index in [0.717, 1.165) is 56.1 Å². The van der Waals surface area contributed by atoms with Gasteiger partial charge in [-0.2, -0.15) is 8.42 Å². The monoisotopic (exact) mass is 572 g/mol. The fourth-order valence-electron chi connectivity index (χ4n) is 9.45. The number of aryl methyl sites for hydroxylation is 1. The number of hydrogen-bond donors (Lipinski definition) is 2. The number of aliphatic hydroxyl groups is 2. The van der Waals surface area contributed by atoms with Gasteiger partial charge in [-0.25, -0.2) is 0 Å². The third-order valence-corrected chi connectivity index (χ3v) is 13.3. The minimum atomic E-state index is -3.79. The van der Waals surface area contributed by atoms with Gasteiger partial charge >= 0.3 is 0 Å². The molecule has 8 atom stereocenters. The highest BCUT2D eigenvalue weighted by molar-refractivity contribution is 7.86. The van der Waals surface area contributed by atoms with E-state index < -0.39 is 26.7 Å². The fraction of sp³-hybridized carbons (Fsp3) is 0.688. The van der Waals surface area contributed by atoms with Crippen molar-refractivity contribution in [1.82, 2.24) is 0 Å². The molecule has 1 aromatic heterocycles. The molecule has 0 aliphatic heterocycles. The second-order valence-corrected chi connectivity index (χ2v) is 15.1. The van der Waals surface area contributed by atoms with Gasteiger partial charge in [0.1, 0.15) is 5.60 Å². The van der Waals surface area contributed by atoms with Gasteiger partial charge < -0.3 is 19.4 Å². The van der Waals surface area contributed by atoms with Crippen molar-refractivity contribution >= 4 is 10.1 Å². The zero-order valence-electron chi connectivity index (χ0n) is 24.0. The molecule has 0 saturated heterocycles. The summed E-state index contributed by atoms with van der Waals surface area (Å²) in [4.78, 5) is 0.166. The smallest absolute Gasteiger partial charge is 0.297 e. The molecule has 6 rings (SSSR count). The maximum Gasteiger partial charge on any atom is 0.297 e. The van der Waals surface area contributed by atoms with Gasteiger partial charge in [-0.1, -0.05) is 31.5 Å². The molecule has 8 heteroatoms. The molecule has 4 fully saturated rings. The zero-order valence-corrected chi connectivity index (χ0v) is 24.8. The van der Waals surface area contributed by atoms with Gasteiger partial charge in [0.05, 0.1) is 42.3 Å². The molecule has 0 spiro atoms. The summed E-state index contributed by atoms with van der Waals surface area (Å²) >= 11 is 0. The van der Waals surface area contributed by atoms with Crippen LogP contribution in [-0.2, 0) is 24.6 Å². The minimum Gasteiger partial charge on any atom is -0.472 e. The summed E-state index contributed by atoms with van der Waals surface area (Å²) in [7, 11) is -3.79. The average molecular weight is 573 g/mol. The van der Waals surface area contributed by atoms with Crippen molar-refractivity contribution in [2.45, 2.75) is 101 Å². The molecule has 0 radical (unpaired) electrons. The predicted molar refractivity (Wildman–Crippen MR) is 150 cm³/mol. The van der Waals surface area contributed by atoms with Crippen molar-refractivity contribution in [3.05, 3.63) is 54.0 Å². The number of hydrogen-bond acceptors (Lipinski definition) is 7. The molecule has 1 aromatic carbocycles. The molecule has 40 heavy (non-hydrogen) atoms. The van der Waals surface area contributed by atoms with E-state index in [4.69, 9.17) is 13.3 Å². The average Bonchev–Trinajstić information content (AvgIpc) is 3.54. The first-order valence-corrected chi connectivity index (χ1v) is 16.4. The quantitative estimate of drug-likeness (QED) is 0.323. The normalized spacial score (nSPS) is 41.2. The molecule has 4 saturated carbocycles. The lowest BCUT2D eigenvalue weighted by atomic mass is 9.43. The summed E-state index contributed by atoms with van der Waals surface area (Å²) in [5.74, 6) is 1.10. The van der Waals surface area contributed by atoms with Gasteiger partial charge in [0.25, 0.3) is 10.1 Å². The van der Waals surface area contributed by atoms with E-state index in [0.29, 0.717) is 24.7 Å². The van der Waals surface area contributed by atoms with Gasteiger partial charge in [0.15, 0.2) is 0 Å². The van der Waals surface area contributed by atoms with Crippen LogP contribution in [0.3, 0.4) is 0 Å². The third-order valence-electron chi connectivity index (χ3n) is 11.9. The van der Waals surface area contributed by atoms with Crippen molar-refractivity contribution in [3.63, 3.8) is 0 Å². The predicted octanol–water partition coefficient (Wildman–Crippen LogP) is 5.72. The van der Waals surface area contributed by atoms with Crippen LogP contribution >= 0.6 is 0 Å². The van der Waals surface area contributed by atoms with E-state index in [1.165, 1.54) is 0 Å². The van der Waals surface area contributed by atoms with Crippen LogP contribution in [0.15, 0.2) is 52.2 Å². The molecule has 2 aromatic rings. The Kier molecular flexibility index (Phi) is 7.06. The molecular weight excluding hydrogens is 528 g/mol. The lowest BCUT2D eigenvalue weighted by molar-refractivity contribution is -0.239. The Morgan fingerprint density at radius 3 is 2.42 bits per heavy atom. The first kappa shape index (κ1) is 28.4. The molecule has 220 valence electrons. The van der Waals surface area contributed by atoms with Crippen LogP contribution in [0.5, 0.6) is 0 Å². The highest BCUT2D eigenvalue weighted by Crippen LogP contribution is 2.71. The summed E-state index contributed by atoms with van der Waals surface area (Å²) in [6.45, 7) is 6.69. The van der Waals surface area contributed by atoms with Gasteiger partial charge in [0, 0.05) is 11.0 Å². The summed E-state index contributed by atoms with van der Waals surface area (Å²) in [5.41, 5.74) is -0.662. The molecule has 2 N–H and O–H groups in total. The Morgan fingerprint density at radius 2 is 1.70 bits per heavy atom. The standard InChI is InChI=1S/C32H44O7S/c1-22-4-7-26(8-5-22)40(35,36)39-19-18-38-25-10-13-29(2)23(20-25)6-9-28-27(29)11-14-30(3)31(33,15-16-32(28,30)34)24-12-17-37-21-24/h4-5,7-8,12,17,21,23,25,27-28,33-34H,6,9-11,13-16,18-20H2,1-3H3/t23?,25?,27-,28-,29+,30-,31?,32-/m1/s1. The van der Waals surface area contributed by atoms with Crippen LogP contribution in [-0.4, -0.2) is 43.5 Å². The van der Waals surface area contributed by atoms with Crippen molar-refractivity contribution in [1.29, 1.82) is 0 Å². The number of ether oxygens (including phenoxy) is 1. The van der Waals surface area contributed by atoms with E-state index in [1.54, 1.807) is 36.8 Å².